The first kappa shape index (κ1) is 23.6. The highest BCUT2D eigenvalue weighted by atomic mass is 16.1. The minimum absolute atomic E-state index is 0.126. The molecule has 0 amide bonds. The molecule has 0 saturated heterocycles. The van der Waals surface area contributed by atoms with Crippen molar-refractivity contribution in [2.45, 2.75) is 90.4 Å². The molecular formula is C23H41N3O. The van der Waals surface area contributed by atoms with E-state index in [1.807, 2.05) is 0 Å². The number of carbonyl (C=O) groups excluding carboxylic acids is 1. The third kappa shape index (κ3) is 11.8. The zero-order valence-corrected chi connectivity index (χ0v) is 17.7. The fraction of sp³-hybridized carbons (Fsp3) is 0.739. The van der Waals surface area contributed by atoms with Crippen LogP contribution in [0.2, 0.25) is 0 Å². The van der Waals surface area contributed by atoms with Crippen LogP contribution in [-0.4, -0.2) is 35.8 Å². The minimum atomic E-state index is 0.126. The van der Waals surface area contributed by atoms with E-state index >= 15 is 0 Å². The van der Waals surface area contributed by atoms with Gasteiger partial charge in [0.05, 0.1) is 5.56 Å². The number of hydrogen-bond acceptors (Lipinski definition) is 4. The molecule has 27 heavy (non-hydrogen) atoms. The summed E-state index contributed by atoms with van der Waals surface area (Å²) in [6.45, 7) is 4.73. The second-order valence-corrected chi connectivity index (χ2v) is 7.80. The van der Waals surface area contributed by atoms with E-state index in [9.17, 15) is 4.79 Å². The highest BCUT2D eigenvalue weighted by Crippen LogP contribution is 2.15. The number of unbranched alkanes of at least 4 members (excludes halogenated alkanes) is 10. The van der Waals surface area contributed by atoms with Crippen molar-refractivity contribution >= 4 is 11.6 Å². The summed E-state index contributed by atoms with van der Waals surface area (Å²) in [5.74, 6) is 0.483. The van der Waals surface area contributed by atoms with Crippen molar-refractivity contribution in [1.82, 2.24) is 9.88 Å². The summed E-state index contributed by atoms with van der Waals surface area (Å²) in [5, 5.41) is 0. The highest BCUT2D eigenvalue weighted by molar-refractivity contribution is 5.99. The predicted octanol–water partition coefficient (Wildman–Crippen LogP) is 5.87. The quantitative estimate of drug-likeness (QED) is 0.273. The summed E-state index contributed by atoms with van der Waals surface area (Å²) >= 11 is 0. The van der Waals surface area contributed by atoms with E-state index in [0.29, 0.717) is 17.8 Å². The Morgan fingerprint density at radius 2 is 1.48 bits per heavy atom. The molecule has 0 radical (unpaired) electrons. The zero-order chi connectivity index (χ0) is 19.7. The van der Waals surface area contributed by atoms with Gasteiger partial charge < -0.3 is 10.6 Å². The van der Waals surface area contributed by atoms with E-state index in [1.54, 1.807) is 18.3 Å². The van der Waals surface area contributed by atoms with E-state index in [0.717, 1.165) is 12.8 Å². The Kier molecular flexibility index (Phi) is 13.7. The molecule has 0 saturated carbocycles. The molecule has 0 fully saturated rings. The molecule has 0 aliphatic heterocycles. The van der Waals surface area contributed by atoms with Gasteiger partial charge in [-0.25, -0.2) is 4.98 Å². The largest absolute Gasteiger partial charge is 0.383 e. The van der Waals surface area contributed by atoms with E-state index in [4.69, 9.17) is 5.73 Å². The summed E-state index contributed by atoms with van der Waals surface area (Å²) in [5.41, 5.74) is 6.33. The van der Waals surface area contributed by atoms with Crippen LogP contribution in [-0.2, 0) is 0 Å². The number of hydrogen-bond donors (Lipinski definition) is 1. The van der Waals surface area contributed by atoms with Crippen molar-refractivity contribution in [2.24, 2.45) is 0 Å². The first-order chi connectivity index (χ1) is 13.1. The summed E-state index contributed by atoms with van der Waals surface area (Å²) < 4.78 is 0. The van der Waals surface area contributed by atoms with Crippen molar-refractivity contribution in [3.05, 3.63) is 23.9 Å². The number of nitrogen functional groups attached to an aromatic ring is 1. The van der Waals surface area contributed by atoms with Crippen molar-refractivity contribution in [3.63, 3.8) is 0 Å². The molecule has 0 spiro atoms. The predicted molar refractivity (Wildman–Crippen MR) is 116 cm³/mol. The Bertz CT molecular complexity index is 504. The smallest absolute Gasteiger partial charge is 0.166 e. The molecule has 1 rings (SSSR count). The van der Waals surface area contributed by atoms with Crippen LogP contribution in [0.4, 0.5) is 5.82 Å². The van der Waals surface area contributed by atoms with Crippen LogP contribution in [0.25, 0.3) is 0 Å². The van der Waals surface area contributed by atoms with Crippen LogP contribution >= 0.6 is 0 Å². The molecule has 2 N–H and O–H groups in total. The Hall–Kier alpha value is -1.42. The molecule has 0 atom stereocenters. The third-order valence-corrected chi connectivity index (χ3v) is 5.19. The molecule has 0 aromatic carbocycles. The number of nitrogens with zero attached hydrogens (tertiary/aromatic N) is 2. The van der Waals surface area contributed by atoms with Gasteiger partial charge in [-0.05, 0) is 51.5 Å². The van der Waals surface area contributed by atoms with Crippen LogP contribution in [0.15, 0.2) is 18.3 Å². The van der Waals surface area contributed by atoms with Gasteiger partial charge in [-0.3, -0.25) is 4.79 Å². The van der Waals surface area contributed by atoms with Gasteiger partial charge in [-0.1, -0.05) is 64.7 Å². The standard InChI is InChI=1S/C23H41N3O/c1-3-19-26(2)20-14-12-10-8-6-4-5-7-9-11-13-17-22(27)21-16-15-18-25-23(21)24/h15-16,18H,3-14,17,19-20H2,1-2H3,(H2,24,25). The van der Waals surface area contributed by atoms with Crippen LogP contribution < -0.4 is 5.73 Å². The van der Waals surface area contributed by atoms with Crippen molar-refractivity contribution in [3.8, 4) is 0 Å². The summed E-state index contributed by atoms with van der Waals surface area (Å²) in [7, 11) is 2.23. The van der Waals surface area contributed by atoms with Gasteiger partial charge >= 0.3 is 0 Å². The minimum Gasteiger partial charge on any atom is -0.383 e. The van der Waals surface area contributed by atoms with Crippen LogP contribution in [0.5, 0.6) is 0 Å². The number of pyridine rings is 1. The molecular weight excluding hydrogens is 334 g/mol. The first-order valence-corrected chi connectivity index (χ1v) is 11.1. The van der Waals surface area contributed by atoms with Crippen molar-refractivity contribution in [2.75, 3.05) is 25.9 Å². The molecule has 1 aromatic heterocycles. The number of carbonyl (C=O) groups is 1. The van der Waals surface area contributed by atoms with E-state index < -0.39 is 0 Å². The van der Waals surface area contributed by atoms with Crippen molar-refractivity contribution < 1.29 is 4.79 Å². The number of ketones is 1. The summed E-state index contributed by atoms with van der Waals surface area (Å²) in [6, 6.07) is 3.54. The molecule has 4 heteroatoms. The van der Waals surface area contributed by atoms with Gasteiger partial charge in [0.1, 0.15) is 5.82 Å². The lowest BCUT2D eigenvalue weighted by Crippen LogP contribution is -2.20. The molecule has 154 valence electrons. The molecule has 4 nitrogen and oxygen atoms in total. The van der Waals surface area contributed by atoms with Crippen LogP contribution in [0.1, 0.15) is 101 Å². The maximum Gasteiger partial charge on any atom is 0.166 e. The maximum absolute atomic E-state index is 12.1. The lowest BCUT2D eigenvalue weighted by Gasteiger charge is -2.14. The third-order valence-electron chi connectivity index (χ3n) is 5.19. The molecule has 0 bridgehead atoms. The van der Waals surface area contributed by atoms with Gasteiger partial charge in [0.15, 0.2) is 5.78 Å². The van der Waals surface area contributed by atoms with E-state index in [1.165, 1.54) is 77.3 Å². The van der Waals surface area contributed by atoms with Gasteiger partial charge in [-0.15, -0.1) is 0 Å². The van der Waals surface area contributed by atoms with Gasteiger partial charge in [0.25, 0.3) is 0 Å². The van der Waals surface area contributed by atoms with Gasteiger partial charge in [0, 0.05) is 12.6 Å². The second kappa shape index (κ2) is 15.6. The van der Waals surface area contributed by atoms with Crippen molar-refractivity contribution in [1.29, 1.82) is 0 Å². The normalized spacial score (nSPS) is 11.2. The van der Waals surface area contributed by atoms with Crippen LogP contribution in [0.3, 0.4) is 0 Å². The number of anilines is 1. The maximum atomic E-state index is 12.1. The molecule has 0 unspecified atom stereocenters. The Balaban J connectivity index is 1.85. The average Bonchev–Trinajstić information content (AvgIpc) is 2.66. The zero-order valence-electron chi connectivity index (χ0n) is 17.7. The molecule has 0 aliphatic rings. The monoisotopic (exact) mass is 375 g/mol. The van der Waals surface area contributed by atoms with Crippen LogP contribution in [0, 0.1) is 0 Å². The number of rotatable bonds is 17. The average molecular weight is 376 g/mol. The topological polar surface area (TPSA) is 59.2 Å². The first-order valence-electron chi connectivity index (χ1n) is 11.1. The molecule has 1 aromatic rings. The summed E-state index contributed by atoms with van der Waals surface area (Å²) in [6.07, 6.45) is 17.7. The molecule has 0 aliphatic carbocycles. The fourth-order valence-electron chi connectivity index (χ4n) is 3.54. The Morgan fingerprint density at radius 1 is 0.926 bits per heavy atom. The van der Waals surface area contributed by atoms with E-state index in [2.05, 4.69) is 23.9 Å². The van der Waals surface area contributed by atoms with E-state index in [-0.39, 0.29) is 5.78 Å². The number of nitrogens with two attached hydrogens (primary N) is 1. The number of Topliss-reactive ketones (excluding diaryl/α,β-unsaturated/α-hetero) is 1. The highest BCUT2D eigenvalue weighted by Gasteiger charge is 2.09. The molecule has 1 heterocycles. The summed E-state index contributed by atoms with van der Waals surface area (Å²) in [4.78, 5) is 18.5. The fourth-order valence-corrected chi connectivity index (χ4v) is 3.54. The Morgan fingerprint density at radius 3 is 2.04 bits per heavy atom. The van der Waals surface area contributed by atoms with Gasteiger partial charge in [-0.2, -0.15) is 0 Å². The number of aromatic nitrogens is 1. The Labute approximate surface area is 166 Å². The SMILES string of the molecule is CCCN(C)CCCCCCCCCCCCCC(=O)c1cccnc1N. The van der Waals surface area contributed by atoms with Gasteiger partial charge in [0.2, 0.25) is 0 Å². The second-order valence-electron chi connectivity index (χ2n) is 7.80. The lowest BCUT2D eigenvalue weighted by atomic mass is 10.0. The lowest BCUT2D eigenvalue weighted by molar-refractivity contribution is 0.0979.